The first-order valence-electron chi connectivity index (χ1n) is 6.42. The molecule has 0 aromatic rings. The van der Waals surface area contributed by atoms with E-state index in [4.69, 9.17) is 9.47 Å². The number of hydrogen-bond acceptors (Lipinski definition) is 3. The van der Waals surface area contributed by atoms with Gasteiger partial charge in [-0.1, -0.05) is 0 Å². The highest BCUT2D eigenvalue weighted by Crippen LogP contribution is 2.33. The highest BCUT2D eigenvalue weighted by molar-refractivity contribution is 4.92. The molecule has 0 aromatic carbocycles. The fourth-order valence-electron chi connectivity index (χ4n) is 2.71. The van der Waals surface area contributed by atoms with Crippen molar-refractivity contribution in [2.24, 2.45) is 0 Å². The van der Waals surface area contributed by atoms with Crippen LogP contribution in [0.25, 0.3) is 0 Å². The molecule has 1 atom stereocenters. The highest BCUT2D eigenvalue weighted by Gasteiger charge is 2.39. The third-order valence-electron chi connectivity index (χ3n) is 3.62. The lowest BCUT2D eigenvalue weighted by Gasteiger charge is -2.43. The first kappa shape index (κ1) is 12.3. The summed E-state index contributed by atoms with van der Waals surface area (Å²) in [7, 11) is 1.82. The summed E-state index contributed by atoms with van der Waals surface area (Å²) in [6, 6.07) is 0.743. The molecule has 2 aliphatic rings. The van der Waals surface area contributed by atoms with Gasteiger partial charge in [0, 0.05) is 26.2 Å². The summed E-state index contributed by atoms with van der Waals surface area (Å²) in [5.41, 5.74) is 0.00963. The van der Waals surface area contributed by atoms with Gasteiger partial charge in [-0.15, -0.1) is 0 Å². The molecular formula is C13H25NO2. The van der Waals surface area contributed by atoms with Crippen LogP contribution in [0, 0.1) is 0 Å². The average Bonchev–Trinajstić information content (AvgIpc) is 2.56. The van der Waals surface area contributed by atoms with Crippen LogP contribution in [0.4, 0.5) is 0 Å². The van der Waals surface area contributed by atoms with Crippen LogP contribution in [0.15, 0.2) is 0 Å². The Balaban J connectivity index is 1.69. The van der Waals surface area contributed by atoms with E-state index >= 15 is 0 Å². The minimum absolute atomic E-state index is 0.00963. The number of methoxy groups -OCH3 is 1. The van der Waals surface area contributed by atoms with Gasteiger partial charge in [0.05, 0.1) is 17.8 Å². The molecule has 1 saturated heterocycles. The summed E-state index contributed by atoms with van der Waals surface area (Å²) in [5.74, 6) is 0. The van der Waals surface area contributed by atoms with Crippen LogP contribution in [0.1, 0.15) is 40.0 Å². The molecule has 0 N–H and O–H groups in total. The number of nitrogens with zero attached hydrogens (tertiary/aromatic N) is 1. The van der Waals surface area contributed by atoms with E-state index in [0.717, 1.165) is 12.6 Å². The molecule has 16 heavy (non-hydrogen) atoms. The minimum Gasteiger partial charge on any atom is -0.380 e. The van der Waals surface area contributed by atoms with Crippen LogP contribution in [0.5, 0.6) is 0 Å². The second-order valence-electron chi connectivity index (χ2n) is 6.12. The molecule has 0 aromatic heterocycles. The van der Waals surface area contributed by atoms with E-state index in [2.05, 4.69) is 25.7 Å². The van der Waals surface area contributed by atoms with Crippen molar-refractivity contribution < 1.29 is 9.47 Å². The molecule has 0 amide bonds. The van der Waals surface area contributed by atoms with Crippen molar-refractivity contribution in [1.29, 1.82) is 0 Å². The Labute approximate surface area is 99.1 Å². The van der Waals surface area contributed by atoms with Gasteiger partial charge < -0.3 is 9.47 Å². The van der Waals surface area contributed by atoms with Crippen molar-refractivity contribution in [1.82, 2.24) is 4.90 Å². The van der Waals surface area contributed by atoms with Gasteiger partial charge in [-0.2, -0.15) is 0 Å². The average molecular weight is 227 g/mol. The SMILES string of the molecule is CO[C@@H]1CCN(C2CC(OC(C)(C)C)C2)C1. The van der Waals surface area contributed by atoms with Crippen molar-refractivity contribution in [3.05, 3.63) is 0 Å². The first-order chi connectivity index (χ1) is 7.48. The molecule has 1 aliphatic heterocycles. The molecule has 2 fully saturated rings. The van der Waals surface area contributed by atoms with Crippen molar-refractivity contribution in [3.63, 3.8) is 0 Å². The summed E-state index contributed by atoms with van der Waals surface area (Å²) >= 11 is 0. The third kappa shape index (κ3) is 2.96. The molecule has 3 nitrogen and oxygen atoms in total. The lowest BCUT2D eigenvalue weighted by atomic mass is 9.87. The molecule has 3 heteroatoms. The van der Waals surface area contributed by atoms with Gasteiger partial charge in [-0.25, -0.2) is 0 Å². The largest absolute Gasteiger partial charge is 0.380 e. The van der Waals surface area contributed by atoms with Crippen molar-refractivity contribution in [2.45, 2.75) is 63.9 Å². The van der Waals surface area contributed by atoms with E-state index in [1.54, 1.807) is 0 Å². The molecule has 0 radical (unpaired) electrons. The standard InChI is InChI=1S/C13H25NO2/c1-13(2,3)16-12-7-10(8-12)14-6-5-11(9-14)15-4/h10-12H,5-9H2,1-4H3/t10?,11-,12?/m1/s1. The Morgan fingerprint density at radius 3 is 2.31 bits per heavy atom. The zero-order chi connectivity index (χ0) is 11.8. The predicted octanol–water partition coefficient (Wildman–Crippen LogP) is 2.05. The number of rotatable bonds is 3. The smallest absolute Gasteiger partial charge is 0.0710 e. The van der Waals surface area contributed by atoms with Crippen LogP contribution >= 0.6 is 0 Å². The Morgan fingerprint density at radius 1 is 1.12 bits per heavy atom. The molecule has 0 unspecified atom stereocenters. The molecule has 0 spiro atoms. The van der Waals surface area contributed by atoms with E-state index < -0.39 is 0 Å². The minimum atomic E-state index is 0.00963. The zero-order valence-electron chi connectivity index (χ0n) is 11.0. The Morgan fingerprint density at radius 2 is 1.81 bits per heavy atom. The van der Waals surface area contributed by atoms with Crippen molar-refractivity contribution >= 4 is 0 Å². The maximum Gasteiger partial charge on any atom is 0.0710 e. The molecule has 94 valence electrons. The summed E-state index contributed by atoms with van der Waals surface area (Å²) in [4.78, 5) is 2.57. The summed E-state index contributed by atoms with van der Waals surface area (Å²) in [5, 5.41) is 0. The molecular weight excluding hydrogens is 202 g/mol. The van der Waals surface area contributed by atoms with Crippen molar-refractivity contribution in [2.75, 3.05) is 20.2 Å². The zero-order valence-corrected chi connectivity index (χ0v) is 11.0. The molecule has 2 rings (SSSR count). The first-order valence-corrected chi connectivity index (χ1v) is 6.42. The van der Waals surface area contributed by atoms with Crippen LogP contribution in [-0.2, 0) is 9.47 Å². The van der Waals surface area contributed by atoms with Crippen LogP contribution in [0.2, 0.25) is 0 Å². The number of ether oxygens (including phenoxy) is 2. The molecule has 1 heterocycles. The second kappa shape index (κ2) is 4.63. The maximum atomic E-state index is 5.96. The molecule has 1 aliphatic carbocycles. The maximum absolute atomic E-state index is 5.96. The number of likely N-dealkylation sites (tertiary alicyclic amines) is 1. The van der Waals surface area contributed by atoms with Gasteiger partial charge in [0.1, 0.15) is 0 Å². The molecule has 0 bridgehead atoms. The predicted molar refractivity (Wildman–Crippen MR) is 64.6 cm³/mol. The van der Waals surface area contributed by atoms with Gasteiger partial charge >= 0.3 is 0 Å². The highest BCUT2D eigenvalue weighted by atomic mass is 16.5. The Bertz CT molecular complexity index is 231. The monoisotopic (exact) mass is 227 g/mol. The third-order valence-corrected chi connectivity index (χ3v) is 3.62. The van der Waals surface area contributed by atoms with Gasteiger partial charge in [0.25, 0.3) is 0 Å². The fourth-order valence-corrected chi connectivity index (χ4v) is 2.71. The van der Waals surface area contributed by atoms with Gasteiger partial charge in [0.2, 0.25) is 0 Å². The van der Waals surface area contributed by atoms with E-state index in [-0.39, 0.29) is 5.60 Å². The van der Waals surface area contributed by atoms with Crippen LogP contribution < -0.4 is 0 Å². The summed E-state index contributed by atoms with van der Waals surface area (Å²) < 4.78 is 11.4. The van der Waals surface area contributed by atoms with E-state index in [1.165, 1.54) is 25.8 Å². The van der Waals surface area contributed by atoms with E-state index in [1.807, 2.05) is 7.11 Å². The van der Waals surface area contributed by atoms with Crippen LogP contribution in [0.3, 0.4) is 0 Å². The van der Waals surface area contributed by atoms with Gasteiger partial charge in [-0.05, 0) is 40.0 Å². The Hall–Kier alpha value is -0.120. The van der Waals surface area contributed by atoms with Gasteiger partial charge in [-0.3, -0.25) is 4.90 Å². The molecule has 1 saturated carbocycles. The van der Waals surface area contributed by atoms with E-state index in [9.17, 15) is 0 Å². The van der Waals surface area contributed by atoms with Gasteiger partial charge in [0.15, 0.2) is 0 Å². The fraction of sp³-hybridized carbons (Fsp3) is 1.00. The summed E-state index contributed by atoms with van der Waals surface area (Å²) in [6.45, 7) is 8.72. The van der Waals surface area contributed by atoms with E-state index in [0.29, 0.717) is 12.2 Å². The topological polar surface area (TPSA) is 21.7 Å². The number of hydrogen-bond donors (Lipinski definition) is 0. The second-order valence-corrected chi connectivity index (χ2v) is 6.12. The van der Waals surface area contributed by atoms with Crippen molar-refractivity contribution in [3.8, 4) is 0 Å². The quantitative estimate of drug-likeness (QED) is 0.736. The summed E-state index contributed by atoms with van der Waals surface area (Å²) in [6.07, 6.45) is 4.54. The Kier molecular flexibility index (Phi) is 3.57. The normalized spacial score (nSPS) is 36.4. The lowest BCUT2D eigenvalue weighted by molar-refractivity contribution is -0.118. The van der Waals surface area contributed by atoms with Crippen LogP contribution in [-0.4, -0.2) is 49.0 Å². The lowest BCUT2D eigenvalue weighted by Crippen LogP contribution is -2.49.